The number of hydrogen-bond acceptors (Lipinski definition) is 2. The van der Waals surface area contributed by atoms with Gasteiger partial charge in [0.05, 0.1) is 0 Å². The lowest BCUT2D eigenvalue weighted by Gasteiger charge is -1.93. The van der Waals surface area contributed by atoms with Crippen molar-refractivity contribution < 1.29 is 0 Å². The number of hydrogen-bond donors (Lipinski definition) is 1. The molecule has 1 aromatic rings. The molecule has 1 nitrogen and oxygen atoms in total. The molecule has 0 aromatic carbocycles. The van der Waals surface area contributed by atoms with Crippen LogP contribution < -0.4 is 5.32 Å². The van der Waals surface area contributed by atoms with Gasteiger partial charge in [-0.2, -0.15) is 0 Å². The maximum atomic E-state index is 3.39. The summed E-state index contributed by atoms with van der Waals surface area (Å²) in [6.07, 6.45) is 2.45. The van der Waals surface area contributed by atoms with Crippen molar-refractivity contribution in [1.82, 2.24) is 5.32 Å². The second-order valence-corrected chi connectivity index (χ2v) is 3.62. The molecule has 1 aliphatic rings. The molecule has 0 saturated carbocycles. The standard InChI is InChI=1S/C8H11NS/c1-4-9-5-2-8-7(1)3-6-10-8/h3,6,9H,1-2,4-5H2. The Hall–Kier alpha value is -0.340. The topological polar surface area (TPSA) is 12.0 Å². The molecule has 1 aromatic heterocycles. The molecule has 2 heteroatoms. The van der Waals surface area contributed by atoms with Crippen molar-refractivity contribution >= 4 is 11.3 Å². The molecule has 0 amide bonds. The zero-order valence-electron chi connectivity index (χ0n) is 5.89. The third-order valence-electron chi connectivity index (χ3n) is 1.94. The Labute approximate surface area is 65.1 Å². The number of thiophene rings is 1. The maximum Gasteiger partial charge on any atom is 0.00903 e. The van der Waals surface area contributed by atoms with Crippen molar-refractivity contribution in [2.45, 2.75) is 12.8 Å². The first-order chi connectivity index (χ1) is 4.97. The van der Waals surface area contributed by atoms with Crippen molar-refractivity contribution in [2.24, 2.45) is 0 Å². The van der Waals surface area contributed by atoms with Gasteiger partial charge in [0, 0.05) is 4.88 Å². The van der Waals surface area contributed by atoms with Crippen LogP contribution in [0.25, 0.3) is 0 Å². The number of fused-ring (bicyclic) bond motifs is 1. The monoisotopic (exact) mass is 153 g/mol. The van der Waals surface area contributed by atoms with Gasteiger partial charge >= 0.3 is 0 Å². The minimum Gasteiger partial charge on any atom is -0.316 e. The molecule has 0 unspecified atom stereocenters. The predicted octanol–water partition coefficient (Wildman–Crippen LogP) is 1.44. The van der Waals surface area contributed by atoms with Gasteiger partial charge in [0.1, 0.15) is 0 Å². The van der Waals surface area contributed by atoms with Crippen molar-refractivity contribution in [3.05, 3.63) is 21.9 Å². The fourth-order valence-corrected chi connectivity index (χ4v) is 2.30. The molecule has 2 heterocycles. The smallest absolute Gasteiger partial charge is 0.00903 e. The average molecular weight is 153 g/mol. The first-order valence-corrected chi connectivity index (χ1v) is 4.61. The van der Waals surface area contributed by atoms with Gasteiger partial charge in [-0.3, -0.25) is 0 Å². The fourth-order valence-electron chi connectivity index (χ4n) is 1.36. The number of rotatable bonds is 0. The van der Waals surface area contributed by atoms with Gasteiger partial charge in [-0.1, -0.05) is 0 Å². The molecular weight excluding hydrogens is 142 g/mol. The Morgan fingerprint density at radius 3 is 3.20 bits per heavy atom. The van der Waals surface area contributed by atoms with E-state index in [2.05, 4.69) is 16.8 Å². The Kier molecular flexibility index (Phi) is 1.74. The van der Waals surface area contributed by atoms with E-state index in [1.54, 1.807) is 10.4 Å². The molecule has 0 fully saturated rings. The summed E-state index contributed by atoms with van der Waals surface area (Å²) in [5, 5.41) is 5.59. The van der Waals surface area contributed by atoms with Gasteiger partial charge in [-0.25, -0.2) is 0 Å². The first kappa shape index (κ1) is 6.38. The minimum absolute atomic E-state index is 1.16. The normalized spacial score (nSPS) is 18.0. The highest BCUT2D eigenvalue weighted by Gasteiger charge is 2.06. The summed E-state index contributed by atoms with van der Waals surface area (Å²) in [5.74, 6) is 0. The van der Waals surface area contributed by atoms with Gasteiger partial charge in [-0.15, -0.1) is 11.3 Å². The largest absolute Gasteiger partial charge is 0.316 e. The van der Waals surface area contributed by atoms with Crippen molar-refractivity contribution in [3.8, 4) is 0 Å². The Balaban J connectivity index is 2.28. The van der Waals surface area contributed by atoms with Crippen LogP contribution >= 0.6 is 11.3 Å². The minimum atomic E-state index is 1.16. The van der Waals surface area contributed by atoms with E-state index < -0.39 is 0 Å². The molecule has 0 bridgehead atoms. The lowest BCUT2D eigenvalue weighted by molar-refractivity contribution is 0.712. The molecule has 0 spiro atoms. The van der Waals surface area contributed by atoms with E-state index in [1.807, 2.05) is 11.3 Å². The Morgan fingerprint density at radius 1 is 1.30 bits per heavy atom. The van der Waals surface area contributed by atoms with E-state index in [0.717, 1.165) is 13.1 Å². The van der Waals surface area contributed by atoms with Crippen LogP contribution in [0.15, 0.2) is 11.4 Å². The quantitative estimate of drug-likeness (QED) is 0.594. The van der Waals surface area contributed by atoms with Crippen molar-refractivity contribution in [1.29, 1.82) is 0 Å². The molecule has 0 radical (unpaired) electrons. The third kappa shape index (κ3) is 1.09. The summed E-state index contributed by atoms with van der Waals surface area (Å²) in [6.45, 7) is 2.32. The van der Waals surface area contributed by atoms with E-state index >= 15 is 0 Å². The van der Waals surface area contributed by atoms with Crippen LogP contribution in [0, 0.1) is 0 Å². The lowest BCUT2D eigenvalue weighted by Crippen LogP contribution is -2.16. The van der Waals surface area contributed by atoms with Crippen molar-refractivity contribution in [2.75, 3.05) is 13.1 Å². The Morgan fingerprint density at radius 2 is 2.20 bits per heavy atom. The molecular formula is C8H11NS. The molecule has 0 atom stereocenters. The zero-order valence-corrected chi connectivity index (χ0v) is 6.71. The van der Waals surface area contributed by atoms with Gasteiger partial charge in [0.2, 0.25) is 0 Å². The van der Waals surface area contributed by atoms with Crippen LogP contribution in [0.2, 0.25) is 0 Å². The van der Waals surface area contributed by atoms with E-state index in [9.17, 15) is 0 Å². The molecule has 54 valence electrons. The molecule has 1 N–H and O–H groups in total. The maximum absolute atomic E-state index is 3.39. The van der Waals surface area contributed by atoms with Gasteiger partial charge in [0.15, 0.2) is 0 Å². The van der Waals surface area contributed by atoms with Gasteiger partial charge in [0.25, 0.3) is 0 Å². The average Bonchev–Trinajstić information content (AvgIpc) is 2.28. The highest BCUT2D eigenvalue weighted by molar-refractivity contribution is 7.10. The molecule has 1 aliphatic heterocycles. The van der Waals surface area contributed by atoms with Crippen LogP contribution in [0.1, 0.15) is 10.4 Å². The van der Waals surface area contributed by atoms with Crippen LogP contribution in [-0.2, 0) is 12.8 Å². The summed E-state index contributed by atoms with van der Waals surface area (Å²) in [7, 11) is 0. The Bertz CT molecular complexity index is 196. The fraction of sp³-hybridized carbons (Fsp3) is 0.500. The molecule has 0 saturated heterocycles. The van der Waals surface area contributed by atoms with E-state index in [0.29, 0.717) is 0 Å². The zero-order chi connectivity index (χ0) is 6.81. The highest BCUT2D eigenvalue weighted by atomic mass is 32.1. The molecule has 0 aliphatic carbocycles. The lowest BCUT2D eigenvalue weighted by atomic mass is 10.2. The van der Waals surface area contributed by atoms with Gasteiger partial charge < -0.3 is 5.32 Å². The summed E-state index contributed by atoms with van der Waals surface area (Å²) >= 11 is 1.90. The summed E-state index contributed by atoms with van der Waals surface area (Å²) < 4.78 is 0. The SMILES string of the molecule is c1cc2c(s1)CCNCC2. The van der Waals surface area contributed by atoms with Crippen LogP contribution in [-0.4, -0.2) is 13.1 Å². The van der Waals surface area contributed by atoms with Crippen LogP contribution in [0.5, 0.6) is 0 Å². The van der Waals surface area contributed by atoms with Crippen LogP contribution in [0.4, 0.5) is 0 Å². The van der Waals surface area contributed by atoms with E-state index in [-0.39, 0.29) is 0 Å². The van der Waals surface area contributed by atoms with Gasteiger partial charge in [-0.05, 0) is 42.9 Å². The second kappa shape index (κ2) is 2.72. The first-order valence-electron chi connectivity index (χ1n) is 3.73. The van der Waals surface area contributed by atoms with E-state index in [4.69, 9.17) is 0 Å². The number of nitrogens with one attached hydrogen (secondary N) is 1. The third-order valence-corrected chi connectivity index (χ3v) is 2.96. The summed E-state index contributed by atoms with van der Waals surface area (Å²) in [5.41, 5.74) is 1.56. The summed E-state index contributed by atoms with van der Waals surface area (Å²) in [6, 6.07) is 2.26. The highest BCUT2D eigenvalue weighted by Crippen LogP contribution is 2.18. The van der Waals surface area contributed by atoms with E-state index in [1.165, 1.54) is 12.8 Å². The van der Waals surface area contributed by atoms with Crippen molar-refractivity contribution in [3.63, 3.8) is 0 Å². The predicted molar refractivity (Wildman–Crippen MR) is 44.6 cm³/mol. The molecule has 2 rings (SSSR count). The van der Waals surface area contributed by atoms with Crippen LogP contribution in [0.3, 0.4) is 0 Å². The molecule has 10 heavy (non-hydrogen) atoms. The second-order valence-electron chi connectivity index (χ2n) is 2.62. The summed E-state index contributed by atoms with van der Waals surface area (Å²) in [4.78, 5) is 1.59.